The molecule has 1 amide bonds. The van der Waals surface area contributed by atoms with Crippen molar-refractivity contribution in [3.8, 4) is 0 Å². The molecule has 0 saturated carbocycles. The van der Waals surface area contributed by atoms with Crippen molar-refractivity contribution in [2.24, 2.45) is 5.73 Å². The molecule has 1 aromatic rings. The second kappa shape index (κ2) is 6.89. The van der Waals surface area contributed by atoms with Crippen molar-refractivity contribution < 1.29 is 9.90 Å². The highest BCUT2D eigenvalue weighted by Crippen LogP contribution is 2.25. The highest BCUT2D eigenvalue weighted by molar-refractivity contribution is 7.99. The number of amides is 1. The molecule has 1 atom stereocenters. The monoisotopic (exact) mass is 273 g/mol. The molecule has 0 fully saturated rings. The lowest BCUT2D eigenvalue weighted by molar-refractivity contribution is 0.100. The van der Waals surface area contributed by atoms with Crippen LogP contribution in [0.5, 0.6) is 0 Å². The van der Waals surface area contributed by atoms with Gasteiger partial charge in [0.05, 0.1) is 0 Å². The zero-order valence-electron chi connectivity index (χ0n) is 9.65. The van der Waals surface area contributed by atoms with Crippen molar-refractivity contribution in [2.75, 3.05) is 6.61 Å². The van der Waals surface area contributed by atoms with Crippen LogP contribution in [0.2, 0.25) is 5.02 Å². The third-order valence-corrected chi connectivity index (χ3v) is 4.03. The first-order valence-corrected chi connectivity index (χ1v) is 6.78. The molecule has 0 saturated heterocycles. The second-order valence-corrected chi connectivity index (χ2v) is 5.64. The molecular formula is C12H16ClNO2S. The van der Waals surface area contributed by atoms with Gasteiger partial charge in [-0.25, -0.2) is 0 Å². The fraction of sp³-hybridized carbons (Fsp3) is 0.417. The first-order chi connectivity index (χ1) is 8.04. The topological polar surface area (TPSA) is 63.3 Å². The van der Waals surface area contributed by atoms with Gasteiger partial charge in [-0.2, -0.15) is 11.8 Å². The molecule has 17 heavy (non-hydrogen) atoms. The molecular weight excluding hydrogens is 258 g/mol. The molecule has 0 spiro atoms. The van der Waals surface area contributed by atoms with E-state index in [9.17, 15) is 4.79 Å². The minimum absolute atomic E-state index is 0.197. The Labute approximate surface area is 110 Å². The Morgan fingerprint density at radius 2 is 2.29 bits per heavy atom. The number of aliphatic hydroxyl groups excluding tert-OH is 1. The fourth-order valence-electron chi connectivity index (χ4n) is 1.31. The highest BCUT2D eigenvalue weighted by atomic mass is 35.5. The van der Waals surface area contributed by atoms with Gasteiger partial charge in [-0.05, 0) is 24.1 Å². The van der Waals surface area contributed by atoms with Crippen LogP contribution in [-0.4, -0.2) is 22.9 Å². The maximum Gasteiger partial charge on any atom is 0.248 e. The van der Waals surface area contributed by atoms with E-state index in [1.165, 1.54) is 0 Å². The van der Waals surface area contributed by atoms with Gasteiger partial charge >= 0.3 is 0 Å². The van der Waals surface area contributed by atoms with Crippen molar-refractivity contribution in [3.63, 3.8) is 0 Å². The van der Waals surface area contributed by atoms with Crippen LogP contribution < -0.4 is 5.73 Å². The Morgan fingerprint density at radius 3 is 2.82 bits per heavy atom. The number of hydrogen-bond acceptors (Lipinski definition) is 3. The second-order valence-electron chi connectivity index (χ2n) is 3.80. The van der Waals surface area contributed by atoms with Crippen LogP contribution in [0.3, 0.4) is 0 Å². The summed E-state index contributed by atoms with van der Waals surface area (Å²) >= 11 is 7.79. The Hall–Kier alpha value is -0.710. The molecule has 0 aliphatic carbocycles. The van der Waals surface area contributed by atoms with Gasteiger partial charge in [0.25, 0.3) is 0 Å². The molecule has 0 aromatic heterocycles. The molecule has 1 unspecified atom stereocenters. The maximum atomic E-state index is 10.9. The smallest absolute Gasteiger partial charge is 0.248 e. The van der Waals surface area contributed by atoms with E-state index in [4.69, 9.17) is 22.4 Å². The summed E-state index contributed by atoms with van der Waals surface area (Å²) in [5.41, 5.74) is 6.57. The SMILES string of the molecule is CC(CCO)SCc1ccc(C(N)=O)cc1Cl. The summed E-state index contributed by atoms with van der Waals surface area (Å²) in [4.78, 5) is 10.9. The van der Waals surface area contributed by atoms with E-state index in [0.29, 0.717) is 15.8 Å². The van der Waals surface area contributed by atoms with E-state index < -0.39 is 5.91 Å². The normalized spacial score (nSPS) is 12.4. The molecule has 0 heterocycles. The van der Waals surface area contributed by atoms with Crippen LogP contribution in [0.4, 0.5) is 0 Å². The lowest BCUT2D eigenvalue weighted by Gasteiger charge is -2.10. The third kappa shape index (κ3) is 4.58. The maximum absolute atomic E-state index is 10.9. The standard InChI is InChI=1S/C12H16ClNO2S/c1-8(4-5-15)17-7-10-3-2-9(12(14)16)6-11(10)13/h2-3,6,8,15H,4-5,7H2,1H3,(H2,14,16). The van der Waals surface area contributed by atoms with Gasteiger partial charge in [0.1, 0.15) is 0 Å². The zero-order chi connectivity index (χ0) is 12.8. The van der Waals surface area contributed by atoms with Gasteiger partial charge in [0.2, 0.25) is 5.91 Å². The van der Waals surface area contributed by atoms with E-state index in [2.05, 4.69) is 6.92 Å². The highest BCUT2D eigenvalue weighted by Gasteiger charge is 2.08. The number of carbonyl (C=O) groups is 1. The van der Waals surface area contributed by atoms with Gasteiger partial charge < -0.3 is 10.8 Å². The van der Waals surface area contributed by atoms with Crippen molar-refractivity contribution in [1.82, 2.24) is 0 Å². The number of hydrogen-bond donors (Lipinski definition) is 2. The molecule has 0 radical (unpaired) electrons. The van der Waals surface area contributed by atoms with E-state index >= 15 is 0 Å². The average molecular weight is 274 g/mol. The summed E-state index contributed by atoms with van der Waals surface area (Å²) in [5, 5.41) is 9.74. The van der Waals surface area contributed by atoms with Gasteiger partial charge in [0.15, 0.2) is 0 Å². The van der Waals surface area contributed by atoms with Crippen LogP contribution in [0.1, 0.15) is 29.3 Å². The molecule has 0 aliphatic rings. The first kappa shape index (κ1) is 14.4. The van der Waals surface area contributed by atoms with Crippen LogP contribution in [0, 0.1) is 0 Å². The predicted octanol–water partition coefficient (Wildman–Crippen LogP) is 2.44. The Morgan fingerprint density at radius 1 is 1.59 bits per heavy atom. The lowest BCUT2D eigenvalue weighted by atomic mass is 10.1. The minimum Gasteiger partial charge on any atom is -0.396 e. The van der Waals surface area contributed by atoms with Crippen LogP contribution in [-0.2, 0) is 5.75 Å². The molecule has 3 nitrogen and oxygen atoms in total. The average Bonchev–Trinajstić information content (AvgIpc) is 2.27. The Kier molecular flexibility index (Phi) is 5.82. The molecule has 0 aliphatic heterocycles. The summed E-state index contributed by atoms with van der Waals surface area (Å²) in [7, 11) is 0. The van der Waals surface area contributed by atoms with Crippen molar-refractivity contribution in [2.45, 2.75) is 24.3 Å². The minimum atomic E-state index is -0.472. The number of nitrogens with two attached hydrogens (primary N) is 1. The Bertz CT molecular complexity index is 398. The van der Waals surface area contributed by atoms with Crippen LogP contribution in [0.15, 0.2) is 18.2 Å². The molecule has 3 N–H and O–H groups in total. The number of halogens is 1. The number of primary amides is 1. The molecule has 1 rings (SSSR count). The molecule has 0 bridgehead atoms. The summed E-state index contributed by atoms with van der Waals surface area (Å²) in [5.74, 6) is 0.290. The largest absolute Gasteiger partial charge is 0.396 e. The number of benzene rings is 1. The first-order valence-electron chi connectivity index (χ1n) is 5.35. The summed E-state index contributed by atoms with van der Waals surface area (Å²) < 4.78 is 0. The lowest BCUT2D eigenvalue weighted by Crippen LogP contribution is -2.10. The number of rotatable bonds is 6. The number of aliphatic hydroxyl groups is 1. The predicted molar refractivity (Wildman–Crippen MR) is 72.4 cm³/mol. The molecule has 1 aromatic carbocycles. The molecule has 5 heteroatoms. The van der Waals surface area contributed by atoms with Gasteiger partial charge in [0, 0.05) is 28.2 Å². The number of thioether (sulfide) groups is 1. The Balaban J connectivity index is 2.63. The van der Waals surface area contributed by atoms with Crippen LogP contribution in [0.25, 0.3) is 0 Å². The summed E-state index contributed by atoms with van der Waals surface area (Å²) in [6.07, 6.45) is 0.766. The molecule has 94 valence electrons. The van der Waals surface area contributed by atoms with E-state index in [0.717, 1.165) is 17.7 Å². The van der Waals surface area contributed by atoms with Crippen LogP contribution >= 0.6 is 23.4 Å². The fourth-order valence-corrected chi connectivity index (χ4v) is 2.63. The quantitative estimate of drug-likeness (QED) is 0.837. The van der Waals surface area contributed by atoms with Crippen molar-refractivity contribution >= 4 is 29.3 Å². The van der Waals surface area contributed by atoms with Gasteiger partial charge in [-0.15, -0.1) is 0 Å². The van der Waals surface area contributed by atoms with E-state index in [1.807, 2.05) is 6.07 Å². The van der Waals surface area contributed by atoms with E-state index in [1.54, 1.807) is 23.9 Å². The summed E-state index contributed by atoms with van der Waals surface area (Å²) in [6, 6.07) is 5.10. The number of carbonyl (C=O) groups excluding carboxylic acids is 1. The van der Waals surface area contributed by atoms with Crippen molar-refractivity contribution in [1.29, 1.82) is 0 Å². The van der Waals surface area contributed by atoms with Crippen molar-refractivity contribution in [3.05, 3.63) is 34.3 Å². The third-order valence-electron chi connectivity index (χ3n) is 2.40. The van der Waals surface area contributed by atoms with E-state index in [-0.39, 0.29) is 6.61 Å². The zero-order valence-corrected chi connectivity index (χ0v) is 11.2. The summed E-state index contributed by atoms with van der Waals surface area (Å²) in [6.45, 7) is 2.26. The van der Waals surface area contributed by atoms with Gasteiger partial charge in [-0.1, -0.05) is 24.6 Å². The van der Waals surface area contributed by atoms with Gasteiger partial charge in [-0.3, -0.25) is 4.79 Å².